The summed E-state index contributed by atoms with van der Waals surface area (Å²) in [5.41, 5.74) is -0.112. The van der Waals surface area contributed by atoms with Crippen LogP contribution in [0.2, 0.25) is 0 Å². The van der Waals surface area contributed by atoms with Gasteiger partial charge in [-0.25, -0.2) is 0 Å². The van der Waals surface area contributed by atoms with E-state index in [4.69, 9.17) is 0 Å². The van der Waals surface area contributed by atoms with Crippen molar-refractivity contribution in [2.45, 2.75) is 58.2 Å². The minimum absolute atomic E-state index is 0.0504. The number of rotatable bonds is 4. The molecular formula is C18H25N3O3S. The second-order valence-electron chi connectivity index (χ2n) is 8.02. The number of nitrogens with one attached hydrogen (secondary N) is 2. The zero-order chi connectivity index (χ0) is 18.2. The van der Waals surface area contributed by atoms with E-state index in [9.17, 15) is 14.4 Å². The first-order valence-electron chi connectivity index (χ1n) is 8.67. The Bertz CT molecular complexity index is 666. The standard InChI is InChI=1S/C18H25N3O3S/c1-18(2,3)10-14(22)19-12-6-7-21-15(12)16(23)20-13(17(21)24)9-11-5-4-8-25-11/h4-5,8,12-13,15H,6-7,9-10H2,1-3H3,(H,19,22)(H,20,23)/t12-,13-,15-/m0/s1. The number of carbonyl (C=O) groups excluding carboxylic acids is 3. The molecule has 1 aromatic rings. The average molecular weight is 363 g/mol. The summed E-state index contributed by atoms with van der Waals surface area (Å²) >= 11 is 1.58. The van der Waals surface area contributed by atoms with E-state index in [0.717, 1.165) is 4.88 Å². The highest BCUT2D eigenvalue weighted by atomic mass is 32.1. The predicted molar refractivity (Wildman–Crippen MR) is 96.1 cm³/mol. The van der Waals surface area contributed by atoms with Crippen molar-refractivity contribution >= 4 is 29.1 Å². The van der Waals surface area contributed by atoms with Crippen LogP contribution in [0.15, 0.2) is 17.5 Å². The Morgan fingerprint density at radius 2 is 2.16 bits per heavy atom. The van der Waals surface area contributed by atoms with Crippen LogP contribution in [-0.4, -0.2) is 47.3 Å². The molecule has 6 nitrogen and oxygen atoms in total. The third-order valence-electron chi connectivity index (χ3n) is 4.59. The molecule has 0 aromatic carbocycles. The molecule has 3 atom stereocenters. The van der Waals surface area contributed by atoms with Crippen molar-refractivity contribution in [3.63, 3.8) is 0 Å². The number of thiophene rings is 1. The minimum Gasteiger partial charge on any atom is -0.351 e. The molecule has 7 heteroatoms. The maximum absolute atomic E-state index is 12.7. The van der Waals surface area contributed by atoms with Crippen molar-refractivity contribution < 1.29 is 14.4 Å². The molecule has 0 unspecified atom stereocenters. The smallest absolute Gasteiger partial charge is 0.246 e. The van der Waals surface area contributed by atoms with Gasteiger partial charge in [-0.1, -0.05) is 26.8 Å². The third kappa shape index (κ3) is 4.03. The van der Waals surface area contributed by atoms with Crippen LogP contribution in [0.1, 0.15) is 38.5 Å². The van der Waals surface area contributed by atoms with Gasteiger partial charge in [0.1, 0.15) is 12.1 Å². The van der Waals surface area contributed by atoms with Gasteiger partial charge in [-0.05, 0) is 23.3 Å². The molecule has 0 aliphatic carbocycles. The quantitative estimate of drug-likeness (QED) is 0.847. The number of piperazine rings is 1. The lowest BCUT2D eigenvalue weighted by atomic mass is 9.91. The summed E-state index contributed by atoms with van der Waals surface area (Å²) in [4.78, 5) is 40.2. The van der Waals surface area contributed by atoms with Gasteiger partial charge in [-0.3, -0.25) is 14.4 Å². The van der Waals surface area contributed by atoms with Crippen LogP contribution in [0.5, 0.6) is 0 Å². The summed E-state index contributed by atoms with van der Waals surface area (Å²) in [5.74, 6) is -0.286. The van der Waals surface area contributed by atoms with Crippen molar-refractivity contribution in [3.05, 3.63) is 22.4 Å². The minimum atomic E-state index is -0.587. The van der Waals surface area contributed by atoms with Gasteiger partial charge in [0.05, 0.1) is 6.04 Å². The van der Waals surface area contributed by atoms with Crippen LogP contribution < -0.4 is 10.6 Å². The number of nitrogens with zero attached hydrogens (tertiary/aromatic N) is 1. The van der Waals surface area contributed by atoms with Gasteiger partial charge in [0.25, 0.3) is 0 Å². The van der Waals surface area contributed by atoms with E-state index in [1.807, 2.05) is 38.3 Å². The van der Waals surface area contributed by atoms with Gasteiger partial charge >= 0.3 is 0 Å². The second kappa shape index (κ2) is 6.78. The maximum atomic E-state index is 12.7. The van der Waals surface area contributed by atoms with E-state index in [-0.39, 0.29) is 29.2 Å². The molecule has 3 amide bonds. The van der Waals surface area contributed by atoms with Crippen LogP contribution in [0.25, 0.3) is 0 Å². The van der Waals surface area contributed by atoms with Crippen LogP contribution in [0.4, 0.5) is 0 Å². The van der Waals surface area contributed by atoms with E-state index in [1.165, 1.54) is 0 Å². The zero-order valence-electron chi connectivity index (χ0n) is 14.9. The molecule has 3 rings (SSSR count). The number of amides is 3. The molecule has 2 aliphatic rings. The largest absolute Gasteiger partial charge is 0.351 e. The van der Waals surface area contributed by atoms with E-state index >= 15 is 0 Å². The van der Waals surface area contributed by atoms with Crippen molar-refractivity contribution in [3.8, 4) is 0 Å². The monoisotopic (exact) mass is 363 g/mol. The van der Waals surface area contributed by atoms with Crippen molar-refractivity contribution in [2.75, 3.05) is 6.54 Å². The summed E-state index contributed by atoms with van der Waals surface area (Å²) < 4.78 is 0. The molecular weight excluding hydrogens is 338 g/mol. The van der Waals surface area contributed by atoms with Crippen LogP contribution in [-0.2, 0) is 20.8 Å². The fraction of sp³-hybridized carbons (Fsp3) is 0.611. The van der Waals surface area contributed by atoms with Gasteiger partial charge in [-0.15, -0.1) is 11.3 Å². The second-order valence-corrected chi connectivity index (χ2v) is 9.05. The Hall–Kier alpha value is -1.89. The summed E-state index contributed by atoms with van der Waals surface area (Å²) in [5, 5.41) is 7.77. The fourth-order valence-electron chi connectivity index (χ4n) is 3.54. The Morgan fingerprint density at radius 3 is 2.80 bits per heavy atom. The topological polar surface area (TPSA) is 78.5 Å². The van der Waals surface area contributed by atoms with Gasteiger partial charge in [0, 0.05) is 24.3 Å². The first kappa shape index (κ1) is 17.9. The Morgan fingerprint density at radius 1 is 1.40 bits per heavy atom. The normalized spacial score (nSPS) is 26.4. The van der Waals surface area contributed by atoms with Crippen LogP contribution >= 0.6 is 11.3 Å². The zero-order valence-corrected chi connectivity index (χ0v) is 15.7. The van der Waals surface area contributed by atoms with E-state index in [2.05, 4.69) is 10.6 Å². The highest BCUT2D eigenvalue weighted by Crippen LogP contribution is 2.26. The molecule has 3 heterocycles. The molecule has 0 saturated carbocycles. The fourth-order valence-corrected chi connectivity index (χ4v) is 4.29. The lowest BCUT2D eigenvalue weighted by molar-refractivity contribution is -0.147. The first-order chi connectivity index (χ1) is 11.7. The van der Waals surface area contributed by atoms with Crippen molar-refractivity contribution in [2.24, 2.45) is 5.41 Å². The summed E-state index contributed by atoms with van der Waals surface area (Å²) in [6, 6.07) is 2.51. The molecule has 0 bridgehead atoms. The molecule has 0 spiro atoms. The molecule has 0 radical (unpaired) electrons. The third-order valence-corrected chi connectivity index (χ3v) is 5.49. The van der Waals surface area contributed by atoms with Gasteiger partial charge in [-0.2, -0.15) is 0 Å². The number of hydrogen-bond acceptors (Lipinski definition) is 4. The van der Waals surface area contributed by atoms with E-state index < -0.39 is 12.1 Å². The predicted octanol–water partition coefficient (Wildman–Crippen LogP) is 1.31. The first-order valence-corrected chi connectivity index (χ1v) is 9.55. The highest BCUT2D eigenvalue weighted by molar-refractivity contribution is 7.09. The van der Waals surface area contributed by atoms with Gasteiger partial charge < -0.3 is 15.5 Å². The Labute approximate surface area is 152 Å². The Balaban J connectivity index is 1.65. The molecule has 25 heavy (non-hydrogen) atoms. The van der Waals surface area contributed by atoms with E-state index in [0.29, 0.717) is 25.8 Å². The van der Waals surface area contributed by atoms with Crippen molar-refractivity contribution in [1.82, 2.24) is 15.5 Å². The molecule has 2 fully saturated rings. The van der Waals surface area contributed by atoms with Crippen molar-refractivity contribution in [1.29, 1.82) is 0 Å². The average Bonchev–Trinajstić information content (AvgIpc) is 3.12. The maximum Gasteiger partial charge on any atom is 0.246 e. The summed E-state index contributed by atoms with van der Waals surface area (Å²) in [7, 11) is 0. The molecule has 136 valence electrons. The molecule has 2 saturated heterocycles. The van der Waals surface area contributed by atoms with Crippen LogP contribution in [0, 0.1) is 5.41 Å². The lowest BCUT2D eigenvalue weighted by Crippen LogP contribution is -2.65. The molecule has 2 N–H and O–H groups in total. The summed E-state index contributed by atoms with van der Waals surface area (Å²) in [6.45, 7) is 6.51. The SMILES string of the molecule is CC(C)(C)CC(=O)N[C@H]1CCN2C(=O)[C@H](Cc3cccs3)NC(=O)[C@H]12. The lowest BCUT2D eigenvalue weighted by Gasteiger charge is -2.36. The van der Waals surface area contributed by atoms with Crippen LogP contribution in [0.3, 0.4) is 0 Å². The number of hydrogen-bond donors (Lipinski definition) is 2. The number of carbonyl (C=O) groups is 3. The molecule has 2 aliphatic heterocycles. The molecule has 1 aromatic heterocycles. The van der Waals surface area contributed by atoms with Gasteiger partial charge in [0.15, 0.2) is 0 Å². The van der Waals surface area contributed by atoms with Gasteiger partial charge in [0.2, 0.25) is 17.7 Å². The Kier molecular flexibility index (Phi) is 4.86. The van der Waals surface area contributed by atoms with E-state index in [1.54, 1.807) is 16.2 Å². The number of fused-ring (bicyclic) bond motifs is 1. The summed E-state index contributed by atoms with van der Waals surface area (Å²) in [6.07, 6.45) is 1.53. The highest BCUT2D eigenvalue weighted by Gasteiger charge is 2.48.